The number of carboxylic acids is 1. The molecule has 7 heteroatoms. The summed E-state index contributed by atoms with van der Waals surface area (Å²) in [6, 6.07) is -0.312. The fraction of sp³-hybridized carbons (Fsp3) is 0.667. The van der Waals surface area contributed by atoms with E-state index in [1.807, 2.05) is 0 Å². The molecule has 1 aliphatic carbocycles. The second kappa shape index (κ2) is 4.32. The molecule has 102 valence electrons. The highest BCUT2D eigenvalue weighted by Crippen LogP contribution is 2.37. The first kappa shape index (κ1) is 12.1. The molecule has 1 aromatic heterocycles. The number of H-pyrrole nitrogens is 1. The first-order valence-corrected chi connectivity index (χ1v) is 6.54. The van der Waals surface area contributed by atoms with Crippen molar-refractivity contribution in [3.8, 4) is 0 Å². The maximum absolute atomic E-state index is 12.3. The van der Waals surface area contributed by atoms with Crippen molar-refractivity contribution >= 4 is 11.9 Å². The second-order valence-corrected chi connectivity index (χ2v) is 5.29. The van der Waals surface area contributed by atoms with Crippen LogP contribution in [0.15, 0.2) is 0 Å². The maximum atomic E-state index is 12.3. The summed E-state index contributed by atoms with van der Waals surface area (Å²) in [5, 5.41) is 15.8. The molecule has 3 rings (SSSR count). The molecule has 0 bridgehead atoms. The lowest BCUT2D eigenvalue weighted by atomic mass is 10.0. The molecule has 7 nitrogen and oxygen atoms in total. The summed E-state index contributed by atoms with van der Waals surface area (Å²) >= 11 is 0. The zero-order valence-corrected chi connectivity index (χ0v) is 10.7. The average Bonchev–Trinajstić information content (AvgIpc) is 2.97. The van der Waals surface area contributed by atoms with Gasteiger partial charge >= 0.3 is 5.97 Å². The molecule has 1 aromatic rings. The van der Waals surface area contributed by atoms with Crippen LogP contribution >= 0.6 is 0 Å². The van der Waals surface area contributed by atoms with Crippen LogP contribution in [0.2, 0.25) is 0 Å². The van der Waals surface area contributed by atoms with Crippen molar-refractivity contribution in [2.45, 2.75) is 38.1 Å². The number of rotatable bonds is 3. The van der Waals surface area contributed by atoms with Gasteiger partial charge in [0, 0.05) is 18.5 Å². The summed E-state index contributed by atoms with van der Waals surface area (Å²) in [7, 11) is 0. The molecular weight excluding hydrogens is 248 g/mol. The van der Waals surface area contributed by atoms with Crippen molar-refractivity contribution in [1.82, 2.24) is 20.1 Å². The summed E-state index contributed by atoms with van der Waals surface area (Å²) < 4.78 is 0. The molecule has 1 saturated carbocycles. The number of carbonyl (C=O) groups is 2. The highest BCUT2D eigenvalue weighted by atomic mass is 16.4. The molecule has 2 aliphatic rings. The van der Waals surface area contributed by atoms with Crippen LogP contribution in [-0.2, 0) is 4.79 Å². The third-order valence-electron chi connectivity index (χ3n) is 3.99. The van der Waals surface area contributed by atoms with E-state index < -0.39 is 11.9 Å². The molecule has 0 radical (unpaired) electrons. The predicted octanol–water partition coefficient (Wildman–Crippen LogP) is 0.617. The van der Waals surface area contributed by atoms with Crippen molar-refractivity contribution in [2.75, 3.05) is 6.54 Å². The van der Waals surface area contributed by atoms with Gasteiger partial charge in [-0.05, 0) is 26.2 Å². The summed E-state index contributed by atoms with van der Waals surface area (Å²) in [5.74, 6) is -0.289. The van der Waals surface area contributed by atoms with E-state index in [0.717, 1.165) is 18.7 Å². The third kappa shape index (κ3) is 2.09. The van der Waals surface area contributed by atoms with Crippen molar-refractivity contribution < 1.29 is 14.7 Å². The summed E-state index contributed by atoms with van der Waals surface area (Å²) in [4.78, 5) is 29.1. The number of hydrogen-bond donors (Lipinski definition) is 2. The summed E-state index contributed by atoms with van der Waals surface area (Å²) in [5.41, 5.74) is 0. The SMILES string of the molecule is CC1C(C(=O)O)CCN1C(=O)c1n[nH]c(C2CC2)n1. The molecule has 2 fully saturated rings. The molecule has 2 heterocycles. The smallest absolute Gasteiger partial charge is 0.308 e. The second-order valence-electron chi connectivity index (χ2n) is 5.29. The Hall–Kier alpha value is -1.92. The van der Waals surface area contributed by atoms with Crippen LogP contribution in [0.25, 0.3) is 0 Å². The van der Waals surface area contributed by atoms with Crippen molar-refractivity contribution in [3.05, 3.63) is 11.6 Å². The van der Waals surface area contributed by atoms with E-state index in [1.54, 1.807) is 11.8 Å². The summed E-state index contributed by atoms with van der Waals surface area (Å²) in [6.45, 7) is 2.21. The van der Waals surface area contributed by atoms with Crippen LogP contribution in [-0.4, -0.2) is 49.7 Å². The van der Waals surface area contributed by atoms with Gasteiger partial charge in [0.25, 0.3) is 5.91 Å². The topological polar surface area (TPSA) is 99.2 Å². The summed E-state index contributed by atoms with van der Waals surface area (Å²) in [6.07, 6.45) is 2.66. The van der Waals surface area contributed by atoms with Gasteiger partial charge in [-0.15, -0.1) is 5.10 Å². The Labute approximate surface area is 110 Å². The zero-order valence-electron chi connectivity index (χ0n) is 10.7. The van der Waals surface area contributed by atoms with E-state index in [9.17, 15) is 9.59 Å². The lowest BCUT2D eigenvalue weighted by Crippen LogP contribution is -2.38. The fourth-order valence-electron chi connectivity index (χ4n) is 2.59. The minimum atomic E-state index is -0.851. The van der Waals surface area contributed by atoms with Gasteiger partial charge in [-0.2, -0.15) is 0 Å². The van der Waals surface area contributed by atoms with Gasteiger partial charge in [0.1, 0.15) is 5.82 Å². The lowest BCUT2D eigenvalue weighted by Gasteiger charge is -2.21. The molecule has 2 atom stereocenters. The van der Waals surface area contributed by atoms with Gasteiger partial charge in [0.2, 0.25) is 5.82 Å². The van der Waals surface area contributed by atoms with Gasteiger partial charge in [0.15, 0.2) is 0 Å². The Bertz CT molecular complexity index is 523. The first-order valence-electron chi connectivity index (χ1n) is 6.54. The molecule has 0 spiro atoms. The molecule has 0 aromatic carbocycles. The third-order valence-corrected chi connectivity index (χ3v) is 3.99. The largest absolute Gasteiger partial charge is 0.481 e. The van der Waals surface area contributed by atoms with Crippen LogP contribution < -0.4 is 0 Å². The number of aliphatic carboxylic acids is 1. The van der Waals surface area contributed by atoms with Gasteiger partial charge in [0.05, 0.1) is 5.92 Å². The van der Waals surface area contributed by atoms with E-state index in [1.165, 1.54) is 0 Å². The number of likely N-dealkylation sites (tertiary alicyclic amines) is 1. The van der Waals surface area contributed by atoms with Gasteiger partial charge < -0.3 is 10.0 Å². The van der Waals surface area contributed by atoms with Crippen LogP contribution in [0.4, 0.5) is 0 Å². The molecule has 1 saturated heterocycles. The van der Waals surface area contributed by atoms with Crippen molar-refractivity contribution in [1.29, 1.82) is 0 Å². The van der Waals surface area contributed by atoms with Crippen molar-refractivity contribution in [2.24, 2.45) is 5.92 Å². The van der Waals surface area contributed by atoms with Gasteiger partial charge in [-0.3, -0.25) is 14.7 Å². The molecule has 2 N–H and O–H groups in total. The van der Waals surface area contributed by atoms with Crippen LogP contribution in [0, 0.1) is 5.92 Å². The van der Waals surface area contributed by atoms with Crippen LogP contribution in [0.5, 0.6) is 0 Å². The van der Waals surface area contributed by atoms with Crippen LogP contribution in [0.1, 0.15) is 48.5 Å². The van der Waals surface area contributed by atoms with Gasteiger partial charge in [-0.25, -0.2) is 4.98 Å². The number of aromatic amines is 1. The first-order chi connectivity index (χ1) is 9.08. The maximum Gasteiger partial charge on any atom is 0.308 e. The molecule has 1 aliphatic heterocycles. The van der Waals surface area contributed by atoms with Crippen molar-refractivity contribution in [3.63, 3.8) is 0 Å². The van der Waals surface area contributed by atoms with E-state index in [4.69, 9.17) is 5.11 Å². The highest BCUT2D eigenvalue weighted by Gasteiger charge is 2.39. The number of amides is 1. The van der Waals surface area contributed by atoms with E-state index in [-0.39, 0.29) is 17.8 Å². The molecular formula is C12H16N4O3. The normalized spacial score (nSPS) is 26.7. The Morgan fingerprint density at radius 1 is 1.37 bits per heavy atom. The minimum absolute atomic E-state index is 0.153. The Balaban J connectivity index is 1.74. The number of nitrogens with one attached hydrogen (secondary N) is 1. The standard InChI is InChI=1S/C12H16N4O3/c1-6-8(12(18)19)4-5-16(6)11(17)10-13-9(14-15-10)7-2-3-7/h6-8H,2-5H2,1H3,(H,18,19)(H,13,14,15). The monoisotopic (exact) mass is 264 g/mol. The van der Waals surface area contributed by atoms with Gasteiger partial charge in [-0.1, -0.05) is 0 Å². The predicted molar refractivity (Wildman–Crippen MR) is 64.6 cm³/mol. The Morgan fingerprint density at radius 2 is 2.11 bits per heavy atom. The van der Waals surface area contributed by atoms with E-state index in [2.05, 4.69) is 15.2 Å². The Morgan fingerprint density at radius 3 is 2.68 bits per heavy atom. The van der Waals surface area contributed by atoms with E-state index in [0.29, 0.717) is 18.9 Å². The zero-order chi connectivity index (χ0) is 13.6. The van der Waals surface area contributed by atoms with E-state index >= 15 is 0 Å². The number of nitrogens with zero attached hydrogens (tertiary/aromatic N) is 3. The lowest BCUT2D eigenvalue weighted by molar-refractivity contribution is -0.142. The molecule has 2 unspecified atom stereocenters. The average molecular weight is 264 g/mol. The number of aromatic nitrogens is 3. The number of carboxylic acid groups (broad SMARTS) is 1. The highest BCUT2D eigenvalue weighted by molar-refractivity contribution is 5.91. The Kier molecular flexibility index (Phi) is 2.76. The molecule has 1 amide bonds. The minimum Gasteiger partial charge on any atom is -0.481 e. The fourth-order valence-corrected chi connectivity index (χ4v) is 2.59. The van der Waals surface area contributed by atoms with Crippen LogP contribution in [0.3, 0.4) is 0 Å². The quantitative estimate of drug-likeness (QED) is 0.833. The molecule has 19 heavy (non-hydrogen) atoms. The number of hydrogen-bond acceptors (Lipinski definition) is 4. The number of carbonyl (C=O) groups excluding carboxylic acids is 1.